The van der Waals surface area contributed by atoms with Crippen molar-refractivity contribution in [2.24, 2.45) is 0 Å². The fraction of sp³-hybridized carbons (Fsp3) is 0.200. The molecule has 3 aromatic rings. The molecular formula is C20H20N2O3S. The Morgan fingerprint density at radius 2 is 1.81 bits per heavy atom. The van der Waals surface area contributed by atoms with Crippen LogP contribution >= 0.6 is 11.3 Å². The zero-order valence-corrected chi connectivity index (χ0v) is 15.5. The Labute approximate surface area is 155 Å². The predicted molar refractivity (Wildman–Crippen MR) is 103 cm³/mol. The van der Waals surface area contributed by atoms with Crippen LogP contribution < -0.4 is 14.9 Å². The molecule has 0 saturated carbocycles. The summed E-state index contributed by atoms with van der Waals surface area (Å²) in [6.07, 6.45) is 0. The maximum Gasteiger partial charge on any atom is 0.308 e. The van der Waals surface area contributed by atoms with Gasteiger partial charge in [0.2, 0.25) is 0 Å². The maximum absolute atomic E-state index is 12.5. The highest BCUT2D eigenvalue weighted by molar-refractivity contribution is 7.11. The molecule has 6 heteroatoms. The summed E-state index contributed by atoms with van der Waals surface area (Å²) in [4.78, 5) is 25.2. The molecule has 0 unspecified atom stereocenters. The minimum absolute atomic E-state index is 0.154. The summed E-state index contributed by atoms with van der Waals surface area (Å²) in [6.45, 7) is 2.60. The monoisotopic (exact) mass is 368 g/mol. The molecule has 5 nitrogen and oxygen atoms in total. The molecule has 0 aliphatic carbocycles. The van der Waals surface area contributed by atoms with Crippen molar-refractivity contribution in [1.29, 1.82) is 0 Å². The number of carbonyl (C=O) groups is 1. The molecule has 0 bridgehead atoms. The van der Waals surface area contributed by atoms with Crippen molar-refractivity contribution in [3.8, 4) is 5.75 Å². The molecule has 0 fully saturated rings. The minimum atomic E-state index is -0.229. The van der Waals surface area contributed by atoms with Crippen molar-refractivity contribution in [3.63, 3.8) is 0 Å². The van der Waals surface area contributed by atoms with Crippen LogP contribution in [-0.2, 0) is 13.1 Å². The lowest BCUT2D eigenvalue weighted by Crippen LogP contribution is -2.23. The maximum atomic E-state index is 12.5. The Bertz CT molecular complexity index is 961. The van der Waals surface area contributed by atoms with Crippen LogP contribution in [0.3, 0.4) is 0 Å². The lowest BCUT2D eigenvalue weighted by Gasteiger charge is -2.10. The minimum Gasteiger partial charge on any atom is -0.496 e. The van der Waals surface area contributed by atoms with E-state index in [2.05, 4.69) is 5.32 Å². The zero-order chi connectivity index (χ0) is 18.5. The summed E-state index contributed by atoms with van der Waals surface area (Å²) >= 11 is 0.971. The van der Waals surface area contributed by atoms with Gasteiger partial charge in [-0.2, -0.15) is 0 Å². The Balaban J connectivity index is 1.79. The number of amides is 1. The van der Waals surface area contributed by atoms with E-state index in [4.69, 9.17) is 4.74 Å². The number of hydrogen-bond acceptors (Lipinski definition) is 4. The molecule has 1 aromatic heterocycles. The Hall–Kier alpha value is -2.86. The molecule has 1 heterocycles. The molecule has 0 saturated heterocycles. The van der Waals surface area contributed by atoms with Crippen LogP contribution in [0.4, 0.5) is 0 Å². The molecule has 0 atom stereocenters. The third-order valence-electron chi connectivity index (χ3n) is 4.17. The van der Waals surface area contributed by atoms with Crippen molar-refractivity contribution in [3.05, 3.63) is 86.0 Å². The zero-order valence-electron chi connectivity index (χ0n) is 14.7. The van der Waals surface area contributed by atoms with E-state index in [1.807, 2.05) is 54.6 Å². The van der Waals surface area contributed by atoms with Gasteiger partial charge in [0.15, 0.2) is 0 Å². The number of nitrogens with one attached hydrogen (secondary N) is 1. The van der Waals surface area contributed by atoms with E-state index in [9.17, 15) is 9.59 Å². The summed E-state index contributed by atoms with van der Waals surface area (Å²) in [7, 11) is 1.60. The summed E-state index contributed by atoms with van der Waals surface area (Å²) in [6, 6.07) is 17.2. The molecule has 0 radical (unpaired) electrons. The fourth-order valence-corrected chi connectivity index (χ4v) is 3.64. The Morgan fingerprint density at radius 1 is 1.12 bits per heavy atom. The van der Waals surface area contributed by atoms with E-state index < -0.39 is 0 Å². The van der Waals surface area contributed by atoms with Crippen molar-refractivity contribution in [2.45, 2.75) is 20.0 Å². The number of aromatic nitrogens is 1. The van der Waals surface area contributed by atoms with Gasteiger partial charge >= 0.3 is 4.87 Å². The lowest BCUT2D eigenvalue weighted by molar-refractivity contribution is 0.0954. The van der Waals surface area contributed by atoms with Crippen LogP contribution in [0.2, 0.25) is 0 Å². The first-order chi connectivity index (χ1) is 12.6. The van der Waals surface area contributed by atoms with Gasteiger partial charge in [-0.15, -0.1) is 0 Å². The van der Waals surface area contributed by atoms with E-state index in [0.29, 0.717) is 23.7 Å². The lowest BCUT2D eigenvalue weighted by atomic mass is 10.2. The number of thiazole rings is 1. The molecule has 134 valence electrons. The van der Waals surface area contributed by atoms with Crippen LogP contribution in [0.25, 0.3) is 0 Å². The van der Waals surface area contributed by atoms with Gasteiger partial charge in [0.25, 0.3) is 5.91 Å². The van der Waals surface area contributed by atoms with Crippen molar-refractivity contribution < 1.29 is 9.53 Å². The number of nitrogens with zero attached hydrogens (tertiary/aromatic N) is 1. The summed E-state index contributed by atoms with van der Waals surface area (Å²) < 4.78 is 6.96. The SMILES string of the molecule is COc1ccccc1Cn1c(C)c(C(=O)NCc2ccccc2)sc1=O. The van der Waals surface area contributed by atoms with E-state index >= 15 is 0 Å². The predicted octanol–water partition coefficient (Wildman–Crippen LogP) is 3.21. The third-order valence-corrected chi connectivity index (χ3v) is 5.25. The highest BCUT2D eigenvalue weighted by Crippen LogP contribution is 2.20. The molecule has 0 aliphatic heterocycles. The van der Waals surface area contributed by atoms with Crippen LogP contribution in [0, 0.1) is 6.92 Å². The normalized spacial score (nSPS) is 10.5. The third kappa shape index (κ3) is 3.86. The topological polar surface area (TPSA) is 60.3 Å². The van der Waals surface area contributed by atoms with Crippen LogP contribution in [0.15, 0.2) is 59.4 Å². The molecule has 1 N–H and O–H groups in total. The molecule has 2 aromatic carbocycles. The number of hydrogen-bond donors (Lipinski definition) is 1. The van der Waals surface area contributed by atoms with Crippen molar-refractivity contribution in [2.75, 3.05) is 7.11 Å². The van der Waals surface area contributed by atoms with Gasteiger partial charge in [-0.3, -0.25) is 14.2 Å². The first-order valence-electron chi connectivity index (χ1n) is 8.24. The van der Waals surface area contributed by atoms with Gasteiger partial charge in [-0.05, 0) is 18.6 Å². The summed E-state index contributed by atoms with van der Waals surface area (Å²) in [5.74, 6) is 0.493. The molecular weight excluding hydrogens is 348 g/mol. The number of para-hydroxylation sites is 1. The summed E-state index contributed by atoms with van der Waals surface area (Å²) in [5, 5.41) is 2.88. The van der Waals surface area contributed by atoms with E-state index in [1.54, 1.807) is 18.6 Å². The fourth-order valence-electron chi connectivity index (χ4n) is 2.73. The summed E-state index contributed by atoms with van der Waals surface area (Å²) in [5.41, 5.74) is 2.57. The number of benzene rings is 2. The molecule has 0 spiro atoms. The second-order valence-corrected chi connectivity index (χ2v) is 6.81. The van der Waals surface area contributed by atoms with Crippen molar-refractivity contribution in [1.82, 2.24) is 9.88 Å². The second-order valence-electron chi connectivity index (χ2n) is 5.85. The van der Waals surface area contributed by atoms with E-state index in [-0.39, 0.29) is 10.8 Å². The molecule has 1 amide bonds. The van der Waals surface area contributed by atoms with E-state index in [0.717, 1.165) is 28.2 Å². The highest BCUT2D eigenvalue weighted by Gasteiger charge is 2.18. The van der Waals surface area contributed by atoms with Crippen LogP contribution in [-0.4, -0.2) is 17.6 Å². The average molecular weight is 368 g/mol. The van der Waals surface area contributed by atoms with Gasteiger partial charge in [0.1, 0.15) is 10.6 Å². The number of methoxy groups -OCH3 is 1. The van der Waals surface area contributed by atoms with Crippen LogP contribution in [0.1, 0.15) is 26.5 Å². The van der Waals surface area contributed by atoms with Gasteiger partial charge < -0.3 is 10.1 Å². The number of carbonyl (C=O) groups excluding carboxylic acids is 1. The highest BCUT2D eigenvalue weighted by atomic mass is 32.1. The first-order valence-corrected chi connectivity index (χ1v) is 9.06. The average Bonchev–Trinajstić information content (AvgIpc) is 2.95. The first kappa shape index (κ1) is 17.9. The molecule has 0 aliphatic rings. The number of rotatable bonds is 6. The standard InChI is InChI=1S/C20H20N2O3S/c1-14-18(19(23)21-12-15-8-4-3-5-9-15)26-20(24)22(14)13-16-10-6-7-11-17(16)25-2/h3-11H,12-13H2,1-2H3,(H,21,23). The smallest absolute Gasteiger partial charge is 0.308 e. The second kappa shape index (κ2) is 8.01. The quantitative estimate of drug-likeness (QED) is 0.727. The Morgan fingerprint density at radius 3 is 2.54 bits per heavy atom. The molecule has 26 heavy (non-hydrogen) atoms. The van der Waals surface area contributed by atoms with E-state index in [1.165, 1.54) is 0 Å². The van der Waals surface area contributed by atoms with Gasteiger partial charge in [-0.25, -0.2) is 0 Å². The van der Waals surface area contributed by atoms with Gasteiger partial charge in [0, 0.05) is 17.8 Å². The largest absolute Gasteiger partial charge is 0.496 e. The van der Waals surface area contributed by atoms with Gasteiger partial charge in [0.05, 0.1) is 13.7 Å². The number of ether oxygens (including phenoxy) is 1. The van der Waals surface area contributed by atoms with Crippen molar-refractivity contribution >= 4 is 17.2 Å². The van der Waals surface area contributed by atoms with Gasteiger partial charge in [-0.1, -0.05) is 59.9 Å². The Kier molecular flexibility index (Phi) is 5.53. The van der Waals surface area contributed by atoms with Crippen LogP contribution in [0.5, 0.6) is 5.75 Å². The molecule has 3 rings (SSSR count).